The molecule has 1 N–H and O–H groups in total. The predicted molar refractivity (Wildman–Crippen MR) is 70.0 cm³/mol. The van der Waals surface area contributed by atoms with E-state index < -0.39 is 26.8 Å². The number of aliphatic hydroxyl groups is 1. The summed E-state index contributed by atoms with van der Waals surface area (Å²) >= 11 is 5.62. The number of hydrogen-bond acceptors (Lipinski definition) is 3. The standard InChI is InChI=1S/C12H15ClFNO3S/c1-8-5-6-15(10(8)7-16)19(17,18)11-4-2-3-9(13)12(11)14/h2-4,8,10,16H,5-7H2,1H3. The SMILES string of the molecule is CC1CCN(S(=O)(=O)c2cccc(Cl)c2F)C1CO. The van der Waals surface area contributed by atoms with E-state index in [1.807, 2.05) is 6.92 Å². The van der Waals surface area contributed by atoms with Crippen LogP contribution in [0.1, 0.15) is 13.3 Å². The smallest absolute Gasteiger partial charge is 0.246 e. The fraction of sp³-hybridized carbons (Fsp3) is 0.500. The van der Waals surface area contributed by atoms with E-state index in [2.05, 4.69) is 0 Å². The summed E-state index contributed by atoms with van der Waals surface area (Å²) in [6, 6.07) is 3.37. The van der Waals surface area contributed by atoms with Crippen LogP contribution in [-0.2, 0) is 10.0 Å². The molecule has 1 saturated heterocycles. The molecule has 106 valence electrons. The lowest BCUT2D eigenvalue weighted by atomic mass is 10.0. The maximum Gasteiger partial charge on any atom is 0.246 e. The molecule has 0 spiro atoms. The lowest BCUT2D eigenvalue weighted by molar-refractivity contribution is 0.191. The maximum atomic E-state index is 13.9. The lowest BCUT2D eigenvalue weighted by Gasteiger charge is -2.24. The van der Waals surface area contributed by atoms with Gasteiger partial charge in [0.25, 0.3) is 0 Å². The van der Waals surface area contributed by atoms with Crippen molar-refractivity contribution in [1.82, 2.24) is 4.31 Å². The van der Waals surface area contributed by atoms with Crippen molar-refractivity contribution in [2.24, 2.45) is 5.92 Å². The van der Waals surface area contributed by atoms with Gasteiger partial charge in [-0.3, -0.25) is 0 Å². The van der Waals surface area contributed by atoms with Crippen LogP contribution in [0.3, 0.4) is 0 Å². The number of hydrogen-bond donors (Lipinski definition) is 1. The van der Waals surface area contributed by atoms with Gasteiger partial charge < -0.3 is 5.11 Å². The highest BCUT2D eigenvalue weighted by Gasteiger charge is 2.40. The Morgan fingerprint density at radius 1 is 1.53 bits per heavy atom. The number of rotatable bonds is 3. The highest BCUT2D eigenvalue weighted by atomic mass is 35.5. The fourth-order valence-electron chi connectivity index (χ4n) is 2.35. The van der Waals surface area contributed by atoms with Crippen LogP contribution in [0.5, 0.6) is 0 Å². The Hall–Kier alpha value is -0.690. The molecule has 0 bridgehead atoms. The molecule has 1 aromatic rings. The summed E-state index contributed by atoms with van der Waals surface area (Å²) in [6.45, 7) is 1.87. The van der Waals surface area contributed by atoms with Crippen molar-refractivity contribution in [3.8, 4) is 0 Å². The Balaban J connectivity index is 2.46. The Labute approximate surface area is 116 Å². The van der Waals surface area contributed by atoms with E-state index in [1.54, 1.807) is 0 Å². The van der Waals surface area contributed by atoms with E-state index in [0.717, 1.165) is 4.31 Å². The largest absolute Gasteiger partial charge is 0.395 e. The van der Waals surface area contributed by atoms with Gasteiger partial charge in [-0.15, -0.1) is 0 Å². The quantitative estimate of drug-likeness (QED) is 0.927. The molecule has 19 heavy (non-hydrogen) atoms. The lowest BCUT2D eigenvalue weighted by Crippen LogP contribution is -2.40. The van der Waals surface area contributed by atoms with Gasteiger partial charge in [0, 0.05) is 6.54 Å². The molecule has 4 nitrogen and oxygen atoms in total. The number of aliphatic hydroxyl groups excluding tert-OH is 1. The minimum Gasteiger partial charge on any atom is -0.395 e. The van der Waals surface area contributed by atoms with Gasteiger partial charge in [-0.1, -0.05) is 24.6 Å². The molecule has 1 aliphatic rings. The summed E-state index contributed by atoms with van der Waals surface area (Å²) in [4.78, 5) is -0.437. The number of nitrogens with zero attached hydrogens (tertiary/aromatic N) is 1. The van der Waals surface area contributed by atoms with Gasteiger partial charge in [0.15, 0.2) is 5.82 Å². The van der Waals surface area contributed by atoms with E-state index >= 15 is 0 Å². The van der Waals surface area contributed by atoms with Crippen LogP contribution < -0.4 is 0 Å². The molecule has 2 rings (SSSR count). The molecule has 2 unspecified atom stereocenters. The predicted octanol–water partition coefficient (Wildman–Crippen LogP) is 1.87. The van der Waals surface area contributed by atoms with Crippen molar-refractivity contribution < 1.29 is 17.9 Å². The number of benzene rings is 1. The minimum absolute atomic E-state index is 0.0435. The number of sulfonamides is 1. The molecule has 0 amide bonds. The molecule has 0 saturated carbocycles. The average molecular weight is 308 g/mol. The molecule has 0 radical (unpaired) electrons. The van der Waals surface area contributed by atoms with Crippen LogP contribution in [-0.4, -0.2) is 37.0 Å². The molecule has 7 heteroatoms. The molecule has 2 atom stereocenters. The normalized spacial score (nSPS) is 24.8. The Kier molecular flexibility index (Phi) is 4.15. The maximum absolute atomic E-state index is 13.9. The van der Waals surface area contributed by atoms with Crippen LogP contribution in [0.4, 0.5) is 4.39 Å². The topological polar surface area (TPSA) is 57.6 Å². The zero-order valence-corrected chi connectivity index (χ0v) is 12.0. The Bertz CT molecular complexity index is 578. The zero-order chi connectivity index (χ0) is 14.2. The Morgan fingerprint density at radius 3 is 2.84 bits per heavy atom. The molecule has 1 aliphatic heterocycles. The van der Waals surface area contributed by atoms with Crippen molar-refractivity contribution >= 4 is 21.6 Å². The van der Waals surface area contributed by atoms with Crippen LogP contribution in [0.15, 0.2) is 23.1 Å². The third kappa shape index (κ3) is 2.50. The Morgan fingerprint density at radius 2 is 2.21 bits per heavy atom. The first kappa shape index (κ1) is 14.7. The van der Waals surface area contributed by atoms with E-state index in [-0.39, 0.29) is 24.1 Å². The molecule has 1 fully saturated rings. The second-order valence-corrected chi connectivity index (χ2v) is 6.95. The summed E-state index contributed by atoms with van der Waals surface area (Å²) in [5, 5.41) is 9.09. The van der Waals surface area contributed by atoms with Gasteiger partial charge >= 0.3 is 0 Å². The first-order valence-electron chi connectivity index (χ1n) is 5.96. The van der Waals surface area contributed by atoms with Gasteiger partial charge in [-0.2, -0.15) is 4.31 Å². The second-order valence-electron chi connectivity index (χ2n) is 4.68. The van der Waals surface area contributed by atoms with Crippen molar-refractivity contribution in [1.29, 1.82) is 0 Å². The van der Waals surface area contributed by atoms with E-state index in [9.17, 15) is 17.9 Å². The van der Waals surface area contributed by atoms with E-state index in [1.165, 1.54) is 18.2 Å². The van der Waals surface area contributed by atoms with Crippen LogP contribution >= 0.6 is 11.6 Å². The number of halogens is 2. The third-order valence-electron chi connectivity index (χ3n) is 3.52. The van der Waals surface area contributed by atoms with Gasteiger partial charge in [-0.05, 0) is 24.5 Å². The van der Waals surface area contributed by atoms with Gasteiger partial charge in [0.05, 0.1) is 17.7 Å². The van der Waals surface area contributed by atoms with Crippen molar-refractivity contribution in [3.05, 3.63) is 29.0 Å². The molecule has 0 aliphatic carbocycles. The summed E-state index contributed by atoms with van der Waals surface area (Å²) in [6.07, 6.45) is 0.645. The molecule has 0 aromatic heterocycles. The first-order valence-corrected chi connectivity index (χ1v) is 7.78. The summed E-state index contributed by atoms with van der Waals surface area (Å²) in [5.74, 6) is -0.901. The third-order valence-corrected chi connectivity index (χ3v) is 5.76. The van der Waals surface area contributed by atoms with E-state index in [4.69, 9.17) is 11.6 Å². The second kappa shape index (κ2) is 5.36. The summed E-state index contributed by atoms with van der Waals surface area (Å²) < 4.78 is 39.9. The zero-order valence-electron chi connectivity index (χ0n) is 10.4. The summed E-state index contributed by atoms with van der Waals surface area (Å²) in [7, 11) is -3.97. The monoisotopic (exact) mass is 307 g/mol. The first-order chi connectivity index (χ1) is 8.89. The van der Waals surface area contributed by atoms with Crippen molar-refractivity contribution in [3.63, 3.8) is 0 Å². The van der Waals surface area contributed by atoms with E-state index in [0.29, 0.717) is 6.42 Å². The minimum atomic E-state index is -3.97. The molecule has 1 heterocycles. The fourth-order valence-corrected chi connectivity index (χ4v) is 4.40. The van der Waals surface area contributed by atoms with Crippen LogP contribution in [0, 0.1) is 11.7 Å². The summed E-state index contributed by atoms with van der Waals surface area (Å²) in [5.41, 5.74) is 0. The highest BCUT2D eigenvalue weighted by molar-refractivity contribution is 7.89. The molecule has 1 aromatic carbocycles. The molecular formula is C12H15ClFNO3S. The van der Waals surface area contributed by atoms with Crippen molar-refractivity contribution in [2.45, 2.75) is 24.3 Å². The average Bonchev–Trinajstić information content (AvgIpc) is 2.74. The molecular weight excluding hydrogens is 293 g/mol. The van der Waals surface area contributed by atoms with Crippen LogP contribution in [0.25, 0.3) is 0 Å². The highest BCUT2D eigenvalue weighted by Crippen LogP contribution is 2.32. The van der Waals surface area contributed by atoms with Crippen LogP contribution in [0.2, 0.25) is 5.02 Å². The van der Waals surface area contributed by atoms with Crippen molar-refractivity contribution in [2.75, 3.05) is 13.2 Å². The van der Waals surface area contributed by atoms with Gasteiger partial charge in [0.1, 0.15) is 4.90 Å². The van der Waals surface area contributed by atoms with Gasteiger partial charge in [0.2, 0.25) is 10.0 Å². The van der Waals surface area contributed by atoms with Gasteiger partial charge in [-0.25, -0.2) is 12.8 Å².